The van der Waals surface area contributed by atoms with E-state index in [1.54, 1.807) is 0 Å². The van der Waals surface area contributed by atoms with E-state index >= 15 is 0 Å². The zero-order chi connectivity index (χ0) is 37.0. The molecule has 0 radical (unpaired) electrons. The molecule has 0 saturated carbocycles. The van der Waals surface area contributed by atoms with Gasteiger partial charge in [0.25, 0.3) is 0 Å². The second kappa shape index (κ2) is 13.3. The van der Waals surface area contributed by atoms with Crippen molar-refractivity contribution in [1.29, 1.82) is 0 Å². The average molecular weight is 733 g/mol. The molecule has 0 saturated heterocycles. The molecule has 0 aliphatic rings. The average Bonchev–Trinajstić information content (AvgIpc) is 3.85. The summed E-state index contributed by atoms with van der Waals surface area (Å²) in [5.74, 6) is 0.695. The molecule has 0 aliphatic carbocycles. The fourth-order valence-corrected chi connectivity index (χ4v) is 9.01. The molecule has 0 aliphatic heterocycles. The normalized spacial score (nSPS) is 11.6. The number of furan rings is 1. The minimum absolute atomic E-state index is 0.695. The van der Waals surface area contributed by atoms with Crippen LogP contribution >= 0.6 is 11.3 Å². The highest BCUT2D eigenvalue weighted by Crippen LogP contribution is 2.41. The Hall–Kier alpha value is -7.14. The Kier molecular flexibility index (Phi) is 7.68. The standard InChI is InChI=1S/C52H32N2OS/c1-3-13-33(14-4-1)46-32-47(54-52(53-46)34-15-5-2-6-16-34)40-29-38(28-39(30-40)36-25-26-50-45(31-36)43-20-8-10-24-49(43)56-50)35-17-11-18-37(27-35)41-21-12-22-44-42-19-7-9-23-48(42)55-51(41)44/h1-32H. The fraction of sp³-hybridized carbons (Fsp3) is 0. The number of hydrogen-bond acceptors (Lipinski definition) is 4. The minimum Gasteiger partial charge on any atom is -0.455 e. The lowest BCUT2D eigenvalue weighted by Crippen LogP contribution is -1.96. The number of aromatic nitrogens is 2. The summed E-state index contributed by atoms with van der Waals surface area (Å²) in [7, 11) is 0. The zero-order valence-electron chi connectivity index (χ0n) is 30.2. The summed E-state index contributed by atoms with van der Waals surface area (Å²) in [6.45, 7) is 0. The van der Waals surface area contributed by atoms with E-state index in [0.29, 0.717) is 5.82 Å². The van der Waals surface area contributed by atoms with Crippen LogP contribution in [0.3, 0.4) is 0 Å². The number of para-hydroxylation sites is 2. The van der Waals surface area contributed by atoms with E-state index in [2.05, 4.69) is 158 Å². The summed E-state index contributed by atoms with van der Waals surface area (Å²) in [5.41, 5.74) is 13.3. The molecule has 3 aromatic heterocycles. The van der Waals surface area contributed by atoms with Crippen LogP contribution in [0, 0.1) is 0 Å². The van der Waals surface area contributed by atoms with E-state index in [0.717, 1.165) is 83.4 Å². The molecule has 0 N–H and O–H groups in total. The number of benzene rings is 8. The van der Waals surface area contributed by atoms with E-state index in [9.17, 15) is 0 Å². The van der Waals surface area contributed by atoms with Gasteiger partial charge in [-0.25, -0.2) is 9.97 Å². The van der Waals surface area contributed by atoms with Crippen LogP contribution in [-0.4, -0.2) is 9.97 Å². The molecule has 0 spiro atoms. The second-order valence-corrected chi connectivity index (χ2v) is 15.2. The van der Waals surface area contributed by atoms with Gasteiger partial charge in [-0.2, -0.15) is 0 Å². The molecule has 4 heteroatoms. The van der Waals surface area contributed by atoms with Gasteiger partial charge in [-0.15, -0.1) is 11.3 Å². The van der Waals surface area contributed by atoms with E-state index in [1.165, 1.54) is 20.2 Å². The summed E-state index contributed by atoms with van der Waals surface area (Å²) >= 11 is 1.84. The summed E-state index contributed by atoms with van der Waals surface area (Å²) in [6.07, 6.45) is 0. The van der Waals surface area contributed by atoms with Crippen molar-refractivity contribution in [2.75, 3.05) is 0 Å². The Morgan fingerprint density at radius 1 is 0.339 bits per heavy atom. The van der Waals surface area contributed by atoms with Crippen molar-refractivity contribution in [3.05, 3.63) is 194 Å². The van der Waals surface area contributed by atoms with Crippen molar-refractivity contribution >= 4 is 53.4 Å². The van der Waals surface area contributed by atoms with Crippen LogP contribution in [0.2, 0.25) is 0 Å². The molecule has 262 valence electrons. The first kappa shape index (κ1) is 32.3. The van der Waals surface area contributed by atoms with E-state index < -0.39 is 0 Å². The highest BCUT2D eigenvalue weighted by molar-refractivity contribution is 7.25. The van der Waals surface area contributed by atoms with Crippen LogP contribution in [0.1, 0.15) is 0 Å². The molecule has 0 bridgehead atoms. The molecule has 0 amide bonds. The molecular formula is C52H32N2OS. The molecule has 11 aromatic rings. The van der Waals surface area contributed by atoms with Crippen molar-refractivity contribution in [3.63, 3.8) is 0 Å². The van der Waals surface area contributed by atoms with Gasteiger partial charge in [0.15, 0.2) is 5.82 Å². The third kappa shape index (κ3) is 5.67. The largest absolute Gasteiger partial charge is 0.455 e. The van der Waals surface area contributed by atoms with Crippen LogP contribution in [0.25, 0.3) is 109 Å². The smallest absolute Gasteiger partial charge is 0.160 e. The highest BCUT2D eigenvalue weighted by atomic mass is 32.1. The maximum atomic E-state index is 6.48. The number of thiophene rings is 1. The lowest BCUT2D eigenvalue weighted by atomic mass is 9.92. The van der Waals surface area contributed by atoms with Crippen LogP contribution < -0.4 is 0 Å². The van der Waals surface area contributed by atoms with Crippen molar-refractivity contribution in [2.24, 2.45) is 0 Å². The molecule has 11 rings (SSSR count). The molecule has 56 heavy (non-hydrogen) atoms. The van der Waals surface area contributed by atoms with Gasteiger partial charge < -0.3 is 4.42 Å². The summed E-state index contributed by atoms with van der Waals surface area (Å²) in [5, 5.41) is 4.81. The Balaban J connectivity index is 1.12. The lowest BCUT2D eigenvalue weighted by Gasteiger charge is -2.14. The van der Waals surface area contributed by atoms with Gasteiger partial charge in [0.1, 0.15) is 11.2 Å². The van der Waals surface area contributed by atoms with E-state index in [1.807, 2.05) is 47.7 Å². The van der Waals surface area contributed by atoms with Crippen LogP contribution in [0.5, 0.6) is 0 Å². The number of rotatable bonds is 6. The third-order valence-electron chi connectivity index (χ3n) is 10.7. The number of fused-ring (bicyclic) bond motifs is 6. The van der Waals surface area contributed by atoms with Crippen LogP contribution in [0.4, 0.5) is 0 Å². The van der Waals surface area contributed by atoms with Gasteiger partial charge in [-0.05, 0) is 82.4 Å². The topological polar surface area (TPSA) is 38.9 Å². The van der Waals surface area contributed by atoms with Gasteiger partial charge >= 0.3 is 0 Å². The predicted molar refractivity (Wildman–Crippen MR) is 235 cm³/mol. The summed E-state index contributed by atoms with van der Waals surface area (Å²) in [6, 6.07) is 68.6. The molecule has 8 aromatic carbocycles. The van der Waals surface area contributed by atoms with Crippen molar-refractivity contribution < 1.29 is 4.42 Å². The summed E-state index contributed by atoms with van der Waals surface area (Å²) < 4.78 is 9.06. The number of nitrogens with zero attached hydrogens (tertiary/aromatic N) is 2. The quantitative estimate of drug-likeness (QED) is 0.171. The maximum Gasteiger partial charge on any atom is 0.160 e. The lowest BCUT2D eigenvalue weighted by molar-refractivity contribution is 0.670. The first-order valence-electron chi connectivity index (χ1n) is 18.8. The first-order valence-corrected chi connectivity index (χ1v) is 19.6. The molecule has 0 atom stereocenters. The van der Waals surface area contributed by atoms with E-state index in [-0.39, 0.29) is 0 Å². The second-order valence-electron chi connectivity index (χ2n) is 14.2. The highest BCUT2D eigenvalue weighted by Gasteiger charge is 2.16. The fourth-order valence-electron chi connectivity index (χ4n) is 7.92. The van der Waals surface area contributed by atoms with Crippen molar-refractivity contribution in [1.82, 2.24) is 9.97 Å². The van der Waals surface area contributed by atoms with E-state index in [4.69, 9.17) is 14.4 Å². The Morgan fingerprint density at radius 2 is 0.911 bits per heavy atom. The van der Waals surface area contributed by atoms with Crippen molar-refractivity contribution in [3.8, 4) is 67.3 Å². The van der Waals surface area contributed by atoms with Gasteiger partial charge in [-0.1, -0.05) is 140 Å². The molecule has 0 fully saturated rings. The van der Waals surface area contributed by atoms with Gasteiger partial charge in [0.2, 0.25) is 0 Å². The minimum atomic E-state index is 0.695. The molecular weight excluding hydrogens is 701 g/mol. The predicted octanol–water partition coefficient (Wildman–Crippen LogP) is 14.7. The monoisotopic (exact) mass is 732 g/mol. The molecule has 3 nitrogen and oxygen atoms in total. The maximum absolute atomic E-state index is 6.48. The van der Waals surface area contributed by atoms with Crippen molar-refractivity contribution in [2.45, 2.75) is 0 Å². The SMILES string of the molecule is c1ccc(-c2cc(-c3cc(-c4cccc(-c5cccc6c5oc5ccccc56)c4)cc(-c4ccc5sc6ccccc6c5c4)c3)nc(-c3ccccc3)n2)cc1. The molecule has 3 heterocycles. The Morgan fingerprint density at radius 3 is 1.73 bits per heavy atom. The first-order chi connectivity index (χ1) is 27.7. The van der Waals surface area contributed by atoms with Gasteiger partial charge in [0, 0.05) is 53.2 Å². The Labute approximate surface area is 327 Å². The van der Waals surface area contributed by atoms with Crippen LogP contribution in [-0.2, 0) is 0 Å². The number of hydrogen-bond donors (Lipinski definition) is 0. The third-order valence-corrected chi connectivity index (χ3v) is 11.8. The molecule has 0 unspecified atom stereocenters. The summed E-state index contributed by atoms with van der Waals surface area (Å²) in [4.78, 5) is 10.3. The van der Waals surface area contributed by atoms with Gasteiger partial charge in [0.05, 0.1) is 11.4 Å². The Bertz CT molecular complexity index is 3190. The zero-order valence-corrected chi connectivity index (χ0v) is 31.0. The van der Waals surface area contributed by atoms with Crippen LogP contribution in [0.15, 0.2) is 199 Å². The van der Waals surface area contributed by atoms with Gasteiger partial charge in [-0.3, -0.25) is 0 Å².